The maximum atomic E-state index is 10.7. The van der Waals surface area contributed by atoms with Crippen molar-refractivity contribution in [1.29, 1.82) is 0 Å². The Morgan fingerprint density at radius 1 is 1.58 bits per heavy atom. The lowest BCUT2D eigenvalue weighted by atomic mass is 10.0. The fraction of sp³-hybridized carbons (Fsp3) is 0.875. The van der Waals surface area contributed by atoms with Gasteiger partial charge in [-0.1, -0.05) is 0 Å². The maximum absolute atomic E-state index is 10.7. The summed E-state index contributed by atoms with van der Waals surface area (Å²) in [5.74, 6) is -0.656. The van der Waals surface area contributed by atoms with Gasteiger partial charge in [-0.3, -0.25) is 9.69 Å². The van der Waals surface area contributed by atoms with Gasteiger partial charge in [-0.25, -0.2) is 0 Å². The van der Waals surface area contributed by atoms with Crippen LogP contribution in [0.15, 0.2) is 0 Å². The van der Waals surface area contributed by atoms with Crippen molar-refractivity contribution in [2.75, 3.05) is 13.6 Å². The molecule has 0 unspecified atom stereocenters. The van der Waals surface area contributed by atoms with Crippen LogP contribution >= 0.6 is 12.4 Å². The Morgan fingerprint density at radius 3 is 2.42 bits per heavy atom. The summed E-state index contributed by atoms with van der Waals surface area (Å²) in [6, 6.07) is -0.211. The first kappa shape index (κ1) is 9.81. The van der Waals surface area contributed by atoms with Crippen LogP contribution in [0.25, 0.3) is 0 Å². The van der Waals surface area contributed by atoms with E-state index in [1.54, 1.807) is 0 Å². The zero-order valence-electron chi connectivity index (χ0n) is 7.12. The van der Waals surface area contributed by atoms with Crippen LogP contribution in [0.1, 0.15) is 19.3 Å². The molecule has 3 nitrogen and oxygen atoms in total. The molecule has 1 aliphatic carbocycles. The van der Waals surface area contributed by atoms with Crippen LogP contribution in [-0.4, -0.2) is 35.6 Å². The van der Waals surface area contributed by atoms with Crippen LogP contribution in [0, 0.1) is 5.41 Å². The average Bonchev–Trinajstić information content (AvgIpc) is 2.54. The van der Waals surface area contributed by atoms with Crippen LogP contribution in [-0.2, 0) is 4.79 Å². The molecule has 4 heteroatoms. The Labute approximate surface area is 78.2 Å². The van der Waals surface area contributed by atoms with Crippen molar-refractivity contribution >= 4 is 18.4 Å². The van der Waals surface area contributed by atoms with E-state index in [2.05, 4.69) is 0 Å². The fourth-order valence-corrected chi connectivity index (χ4v) is 2.08. The van der Waals surface area contributed by atoms with Crippen molar-refractivity contribution in [3.63, 3.8) is 0 Å². The summed E-state index contributed by atoms with van der Waals surface area (Å²) in [7, 11) is 1.91. The molecule has 1 saturated heterocycles. The van der Waals surface area contributed by atoms with Gasteiger partial charge in [0.15, 0.2) is 0 Å². The van der Waals surface area contributed by atoms with Crippen LogP contribution in [0.3, 0.4) is 0 Å². The smallest absolute Gasteiger partial charge is 0.320 e. The molecular formula is C8H14ClNO2. The third kappa shape index (κ3) is 1.43. The SMILES string of the molecule is CN1CC2(CC2)C[C@H]1C(=O)O.Cl. The minimum atomic E-state index is -0.656. The second kappa shape index (κ2) is 2.89. The Bertz CT molecular complexity index is 203. The molecule has 2 fully saturated rings. The molecule has 1 N–H and O–H groups in total. The largest absolute Gasteiger partial charge is 0.480 e. The number of rotatable bonds is 1. The Kier molecular flexibility index (Phi) is 2.36. The summed E-state index contributed by atoms with van der Waals surface area (Å²) in [5, 5.41) is 8.80. The Morgan fingerprint density at radius 2 is 2.17 bits per heavy atom. The number of carboxylic acids is 1. The minimum Gasteiger partial charge on any atom is -0.480 e. The lowest BCUT2D eigenvalue weighted by molar-refractivity contribution is -0.141. The van der Waals surface area contributed by atoms with E-state index >= 15 is 0 Å². The molecular weight excluding hydrogens is 178 g/mol. The summed E-state index contributed by atoms with van der Waals surface area (Å²) in [5.41, 5.74) is 0.414. The average molecular weight is 192 g/mol. The molecule has 0 aromatic heterocycles. The number of likely N-dealkylation sites (tertiary alicyclic amines) is 1. The van der Waals surface area contributed by atoms with Gasteiger partial charge in [-0.2, -0.15) is 0 Å². The number of carbonyl (C=O) groups is 1. The molecule has 12 heavy (non-hydrogen) atoms. The lowest BCUT2D eigenvalue weighted by Gasteiger charge is -2.13. The molecule has 0 radical (unpaired) electrons. The first-order valence-corrected chi connectivity index (χ1v) is 4.06. The van der Waals surface area contributed by atoms with Crippen LogP contribution in [0.2, 0.25) is 0 Å². The van der Waals surface area contributed by atoms with Crippen molar-refractivity contribution in [3.05, 3.63) is 0 Å². The number of halogens is 1. The van der Waals surface area contributed by atoms with E-state index in [1.807, 2.05) is 11.9 Å². The van der Waals surface area contributed by atoms with Gasteiger partial charge < -0.3 is 5.11 Å². The second-order valence-electron chi connectivity index (χ2n) is 3.97. The van der Waals surface area contributed by atoms with E-state index in [1.165, 1.54) is 12.8 Å². The summed E-state index contributed by atoms with van der Waals surface area (Å²) in [6.07, 6.45) is 3.35. The third-order valence-electron chi connectivity index (χ3n) is 2.99. The molecule has 0 aromatic carbocycles. The Hall–Kier alpha value is -0.280. The standard InChI is InChI=1S/C8H13NO2.ClH/c1-9-5-8(2-3-8)4-6(9)7(10)11;/h6H,2-5H2,1H3,(H,10,11);1H/t6-;/m0./s1. The third-order valence-corrected chi connectivity index (χ3v) is 2.99. The highest BCUT2D eigenvalue weighted by atomic mass is 35.5. The van der Waals surface area contributed by atoms with Gasteiger partial charge in [0.25, 0.3) is 0 Å². The summed E-state index contributed by atoms with van der Waals surface area (Å²) in [4.78, 5) is 12.7. The van der Waals surface area contributed by atoms with Crippen LogP contribution in [0.4, 0.5) is 0 Å². The van der Waals surface area contributed by atoms with Crippen molar-refractivity contribution in [1.82, 2.24) is 4.90 Å². The number of carboxylic acid groups (broad SMARTS) is 1. The van der Waals surface area contributed by atoms with E-state index < -0.39 is 5.97 Å². The summed E-state index contributed by atoms with van der Waals surface area (Å²) >= 11 is 0. The lowest BCUT2D eigenvalue weighted by Crippen LogP contribution is -2.32. The predicted octanol–water partition coefficient (Wildman–Crippen LogP) is 0.977. The zero-order valence-corrected chi connectivity index (χ0v) is 7.93. The van der Waals surface area contributed by atoms with Gasteiger partial charge >= 0.3 is 5.97 Å². The van der Waals surface area contributed by atoms with Crippen molar-refractivity contribution < 1.29 is 9.90 Å². The quantitative estimate of drug-likeness (QED) is 0.672. The van der Waals surface area contributed by atoms with E-state index in [0.717, 1.165) is 13.0 Å². The van der Waals surface area contributed by atoms with Crippen molar-refractivity contribution in [2.45, 2.75) is 25.3 Å². The molecule has 0 bridgehead atoms. The highest BCUT2D eigenvalue weighted by Gasteiger charge is 2.52. The molecule has 1 heterocycles. The first-order valence-electron chi connectivity index (χ1n) is 4.06. The maximum Gasteiger partial charge on any atom is 0.320 e. The highest BCUT2D eigenvalue weighted by molar-refractivity contribution is 5.85. The second-order valence-corrected chi connectivity index (χ2v) is 3.97. The Balaban J connectivity index is 0.000000720. The van der Waals surface area contributed by atoms with E-state index in [-0.39, 0.29) is 18.4 Å². The fourth-order valence-electron chi connectivity index (χ4n) is 2.08. The topological polar surface area (TPSA) is 40.5 Å². The van der Waals surface area contributed by atoms with Gasteiger partial charge in [0.1, 0.15) is 6.04 Å². The van der Waals surface area contributed by atoms with Crippen LogP contribution < -0.4 is 0 Å². The molecule has 0 amide bonds. The number of aliphatic carboxylic acids is 1. The molecule has 70 valence electrons. The van der Waals surface area contributed by atoms with Gasteiger partial charge in [-0.05, 0) is 31.7 Å². The predicted molar refractivity (Wildman–Crippen MR) is 47.6 cm³/mol. The van der Waals surface area contributed by atoms with Gasteiger partial charge in [-0.15, -0.1) is 12.4 Å². The molecule has 0 aromatic rings. The number of likely N-dealkylation sites (N-methyl/N-ethyl adjacent to an activating group) is 1. The van der Waals surface area contributed by atoms with Gasteiger partial charge in [0.05, 0.1) is 0 Å². The molecule has 1 aliphatic heterocycles. The van der Waals surface area contributed by atoms with Gasteiger partial charge in [0, 0.05) is 6.54 Å². The highest BCUT2D eigenvalue weighted by Crippen LogP contribution is 2.54. The summed E-state index contributed by atoms with van der Waals surface area (Å²) in [6.45, 7) is 0.990. The summed E-state index contributed by atoms with van der Waals surface area (Å²) < 4.78 is 0. The number of hydrogen-bond donors (Lipinski definition) is 1. The van der Waals surface area contributed by atoms with E-state index in [4.69, 9.17) is 5.11 Å². The molecule has 1 spiro atoms. The minimum absolute atomic E-state index is 0. The van der Waals surface area contributed by atoms with E-state index in [9.17, 15) is 4.79 Å². The molecule has 1 saturated carbocycles. The molecule has 1 atom stereocenters. The number of hydrogen-bond acceptors (Lipinski definition) is 2. The molecule has 2 aliphatic rings. The molecule has 2 rings (SSSR count). The first-order chi connectivity index (χ1) is 5.13. The van der Waals surface area contributed by atoms with Crippen molar-refractivity contribution in [3.8, 4) is 0 Å². The number of nitrogens with zero attached hydrogens (tertiary/aromatic N) is 1. The van der Waals surface area contributed by atoms with Crippen molar-refractivity contribution in [2.24, 2.45) is 5.41 Å². The monoisotopic (exact) mass is 191 g/mol. The zero-order chi connectivity index (χ0) is 8.06. The van der Waals surface area contributed by atoms with E-state index in [0.29, 0.717) is 5.41 Å². The normalized spacial score (nSPS) is 31.6. The van der Waals surface area contributed by atoms with Gasteiger partial charge in [0.2, 0.25) is 0 Å². The van der Waals surface area contributed by atoms with Crippen LogP contribution in [0.5, 0.6) is 0 Å².